The van der Waals surface area contributed by atoms with Crippen molar-refractivity contribution in [3.05, 3.63) is 220 Å². The highest BCUT2D eigenvalue weighted by atomic mass is 14.9. The van der Waals surface area contributed by atoms with Gasteiger partial charge >= 0.3 is 0 Å². The molecule has 0 saturated carbocycles. The molecule has 9 rings (SSSR count). The number of aryl methyl sites for hydroxylation is 1. The fourth-order valence-corrected chi connectivity index (χ4v) is 8.20. The second-order valence-corrected chi connectivity index (χ2v) is 14.1. The molecule has 0 fully saturated rings. The van der Waals surface area contributed by atoms with Crippen molar-refractivity contribution in [3.63, 3.8) is 0 Å². The molecular formula is C48H40N4. The van der Waals surface area contributed by atoms with Crippen molar-refractivity contribution < 1.29 is 0 Å². The number of nitrogens with one attached hydrogen (secondary N) is 1. The maximum Gasteiger partial charge on any atom is 0.154 e. The molecule has 1 aromatic heterocycles. The van der Waals surface area contributed by atoms with Gasteiger partial charge in [-0.3, -0.25) is 10.4 Å². The summed E-state index contributed by atoms with van der Waals surface area (Å²) in [6.07, 6.45) is 3.53. The minimum absolute atomic E-state index is 0.0278. The molecule has 2 aliphatic carbocycles. The number of hydrogen-bond donors (Lipinski definition) is 2. The second kappa shape index (κ2) is 13.1. The summed E-state index contributed by atoms with van der Waals surface area (Å²) in [5.41, 5.74) is 22.1. The lowest BCUT2D eigenvalue weighted by molar-refractivity contribution is 0.563. The van der Waals surface area contributed by atoms with Crippen LogP contribution in [0.3, 0.4) is 0 Å². The summed E-state index contributed by atoms with van der Waals surface area (Å²) in [6.45, 7) is 6.95. The molecule has 0 radical (unpaired) electrons. The molecule has 1 heterocycles. The lowest BCUT2D eigenvalue weighted by atomic mass is 9.55. The first-order valence-corrected chi connectivity index (χ1v) is 17.7. The number of rotatable bonds is 3. The molecule has 52 heavy (non-hydrogen) atoms. The molecule has 0 aliphatic heterocycles. The SMILES string of the molecule is Cc1ccc2c(c1)C1(c3ccccc3-2)c2ccccc2C(C)(C)c2ccccc21.N=C(N=C(N)c1ccc(-c2ccncc2)cc1)c1ccccc1. The lowest BCUT2D eigenvalue weighted by Gasteiger charge is -2.46. The van der Waals surface area contributed by atoms with Gasteiger partial charge in [-0.2, -0.15) is 0 Å². The van der Waals surface area contributed by atoms with Crippen LogP contribution in [-0.2, 0) is 10.8 Å². The van der Waals surface area contributed by atoms with Crippen LogP contribution in [0.25, 0.3) is 22.3 Å². The van der Waals surface area contributed by atoms with Gasteiger partial charge in [0.15, 0.2) is 5.84 Å². The standard InChI is InChI=1S/C29H24.C19H16N4/c1-19-16-17-21-20-10-4-5-11-22(20)29(27(21)18-19)25-14-8-6-12-23(25)28(2,3)24-13-7-9-15-26(24)29;20-18(16-4-2-1-3-5-16)23-19(21)17-8-6-14(7-9-17)15-10-12-22-13-11-15/h4-18H,1-3H3;1-13H,(H3,20,21,23). The Labute approximate surface area is 305 Å². The summed E-state index contributed by atoms with van der Waals surface area (Å²) in [4.78, 5) is 8.20. The third-order valence-corrected chi connectivity index (χ3v) is 10.7. The lowest BCUT2D eigenvalue weighted by Crippen LogP contribution is -2.40. The number of amidine groups is 2. The van der Waals surface area contributed by atoms with E-state index >= 15 is 0 Å². The molecule has 0 atom stereocenters. The van der Waals surface area contributed by atoms with E-state index in [1.807, 2.05) is 66.7 Å². The minimum atomic E-state index is -0.249. The Balaban J connectivity index is 0.000000153. The maximum atomic E-state index is 8.01. The van der Waals surface area contributed by atoms with Crippen molar-refractivity contribution in [2.45, 2.75) is 31.6 Å². The second-order valence-electron chi connectivity index (χ2n) is 14.1. The van der Waals surface area contributed by atoms with E-state index in [0.29, 0.717) is 5.84 Å². The Morgan fingerprint density at radius 1 is 0.538 bits per heavy atom. The first-order valence-electron chi connectivity index (χ1n) is 17.7. The third-order valence-electron chi connectivity index (χ3n) is 10.7. The number of aromatic nitrogens is 1. The van der Waals surface area contributed by atoms with Gasteiger partial charge in [-0.1, -0.05) is 165 Å². The number of fused-ring (bicyclic) bond motifs is 9. The summed E-state index contributed by atoms with van der Waals surface area (Å²) in [7, 11) is 0. The number of pyridine rings is 1. The predicted octanol–water partition coefficient (Wildman–Crippen LogP) is 10.5. The number of nitrogens with two attached hydrogens (primary N) is 1. The van der Waals surface area contributed by atoms with Crippen LogP contribution in [0.15, 0.2) is 175 Å². The van der Waals surface area contributed by atoms with Crippen molar-refractivity contribution in [1.82, 2.24) is 4.98 Å². The van der Waals surface area contributed by atoms with Gasteiger partial charge in [-0.05, 0) is 74.7 Å². The molecule has 0 saturated heterocycles. The van der Waals surface area contributed by atoms with Crippen LogP contribution in [0.5, 0.6) is 0 Å². The van der Waals surface area contributed by atoms with Gasteiger partial charge in [0.25, 0.3) is 0 Å². The first-order chi connectivity index (χ1) is 25.3. The average molecular weight is 673 g/mol. The molecule has 4 heteroatoms. The van der Waals surface area contributed by atoms with Gasteiger partial charge in [0.1, 0.15) is 5.84 Å². The number of aliphatic imine (C=N–C) groups is 1. The highest BCUT2D eigenvalue weighted by Gasteiger charge is 2.53. The topological polar surface area (TPSA) is 75.1 Å². The van der Waals surface area contributed by atoms with Crippen LogP contribution in [0.4, 0.5) is 0 Å². The first kappa shape index (κ1) is 32.8. The molecule has 0 unspecified atom stereocenters. The summed E-state index contributed by atoms with van der Waals surface area (Å²) in [5, 5.41) is 8.01. The Morgan fingerprint density at radius 2 is 1.06 bits per heavy atom. The molecular weight excluding hydrogens is 633 g/mol. The fourth-order valence-electron chi connectivity index (χ4n) is 8.20. The normalized spacial score (nSPS) is 14.2. The monoisotopic (exact) mass is 672 g/mol. The van der Waals surface area contributed by atoms with Crippen LogP contribution in [0, 0.1) is 12.3 Å². The van der Waals surface area contributed by atoms with Crippen molar-refractivity contribution in [2.24, 2.45) is 10.7 Å². The molecule has 6 aromatic carbocycles. The maximum absolute atomic E-state index is 8.01. The van der Waals surface area contributed by atoms with Gasteiger partial charge in [0.05, 0.1) is 5.41 Å². The van der Waals surface area contributed by atoms with Gasteiger partial charge in [-0.15, -0.1) is 0 Å². The molecule has 1 spiro atoms. The van der Waals surface area contributed by atoms with Crippen LogP contribution < -0.4 is 5.73 Å². The number of nitrogens with zero attached hydrogens (tertiary/aromatic N) is 2. The fraction of sp³-hybridized carbons (Fsp3) is 0.104. The molecule has 0 bridgehead atoms. The van der Waals surface area contributed by atoms with E-state index in [1.165, 1.54) is 50.1 Å². The van der Waals surface area contributed by atoms with E-state index in [2.05, 4.69) is 122 Å². The van der Waals surface area contributed by atoms with E-state index in [9.17, 15) is 0 Å². The van der Waals surface area contributed by atoms with Crippen LogP contribution in [0.2, 0.25) is 0 Å². The summed E-state index contributed by atoms with van der Waals surface area (Å²) in [5.74, 6) is 0.487. The molecule has 2 aliphatic rings. The highest BCUT2D eigenvalue weighted by molar-refractivity contribution is 6.09. The Bertz CT molecular complexity index is 2410. The zero-order valence-electron chi connectivity index (χ0n) is 29.6. The van der Waals surface area contributed by atoms with Crippen LogP contribution in [-0.4, -0.2) is 16.7 Å². The Kier molecular flexibility index (Phi) is 8.23. The van der Waals surface area contributed by atoms with Gasteiger partial charge in [0.2, 0.25) is 0 Å². The van der Waals surface area contributed by atoms with E-state index in [-0.39, 0.29) is 16.7 Å². The quantitative estimate of drug-likeness (QED) is 0.145. The zero-order chi connectivity index (χ0) is 35.9. The van der Waals surface area contributed by atoms with Gasteiger partial charge < -0.3 is 5.73 Å². The van der Waals surface area contributed by atoms with E-state index in [0.717, 1.165) is 22.3 Å². The largest absolute Gasteiger partial charge is 0.383 e. The molecule has 4 nitrogen and oxygen atoms in total. The van der Waals surface area contributed by atoms with E-state index in [4.69, 9.17) is 11.1 Å². The van der Waals surface area contributed by atoms with E-state index in [1.54, 1.807) is 12.4 Å². The molecule has 0 amide bonds. The Hall–Kier alpha value is -6.39. The molecule has 3 N–H and O–H groups in total. The molecule has 7 aromatic rings. The van der Waals surface area contributed by atoms with Crippen LogP contribution in [0.1, 0.15) is 63.9 Å². The van der Waals surface area contributed by atoms with Crippen molar-refractivity contribution in [1.29, 1.82) is 5.41 Å². The zero-order valence-corrected chi connectivity index (χ0v) is 29.6. The summed E-state index contributed by atoms with van der Waals surface area (Å²) >= 11 is 0. The molecule has 252 valence electrons. The summed E-state index contributed by atoms with van der Waals surface area (Å²) in [6, 6.07) is 55.2. The number of hydrogen-bond acceptors (Lipinski definition) is 2. The number of benzene rings is 6. The average Bonchev–Trinajstić information content (AvgIpc) is 3.48. The summed E-state index contributed by atoms with van der Waals surface area (Å²) < 4.78 is 0. The third kappa shape index (κ3) is 5.35. The van der Waals surface area contributed by atoms with E-state index < -0.39 is 0 Å². The smallest absolute Gasteiger partial charge is 0.154 e. The minimum Gasteiger partial charge on any atom is -0.383 e. The van der Waals surface area contributed by atoms with Gasteiger partial charge in [-0.25, -0.2) is 4.99 Å². The Morgan fingerprint density at radius 3 is 1.69 bits per heavy atom. The van der Waals surface area contributed by atoms with Crippen LogP contribution >= 0.6 is 0 Å². The van der Waals surface area contributed by atoms with Crippen molar-refractivity contribution >= 4 is 11.7 Å². The van der Waals surface area contributed by atoms with Crippen molar-refractivity contribution in [2.75, 3.05) is 0 Å². The highest BCUT2D eigenvalue weighted by Crippen LogP contribution is 2.62. The van der Waals surface area contributed by atoms with Crippen molar-refractivity contribution in [3.8, 4) is 22.3 Å². The van der Waals surface area contributed by atoms with Gasteiger partial charge in [0, 0.05) is 28.9 Å². The predicted molar refractivity (Wildman–Crippen MR) is 214 cm³/mol.